The first-order valence-electron chi connectivity index (χ1n) is 8.63. The van der Waals surface area contributed by atoms with Crippen molar-refractivity contribution >= 4 is 22.8 Å². The number of halogens is 3. The molecule has 4 aromatic rings. The smallest absolute Gasteiger partial charge is 0.384 e. The SMILES string of the molecule is C[C@H](NC(=O)c1cc(N)ncn1)c1cc(-c2nc3ccc(C(F)(F)F)cc3[nH]2)no1. The zero-order valence-corrected chi connectivity index (χ0v) is 15.4. The van der Waals surface area contributed by atoms with E-state index >= 15 is 0 Å². The van der Waals surface area contributed by atoms with Crippen molar-refractivity contribution in [3.63, 3.8) is 0 Å². The van der Waals surface area contributed by atoms with E-state index in [1.807, 2.05) is 0 Å². The van der Waals surface area contributed by atoms with Crippen molar-refractivity contribution in [2.45, 2.75) is 19.1 Å². The average molecular weight is 417 g/mol. The molecule has 4 rings (SSSR count). The first-order chi connectivity index (χ1) is 14.2. The van der Waals surface area contributed by atoms with Crippen LogP contribution in [0.5, 0.6) is 0 Å². The summed E-state index contributed by atoms with van der Waals surface area (Å²) in [5.74, 6) is 0.222. The molecule has 0 unspecified atom stereocenters. The predicted octanol–water partition coefficient (Wildman–Crippen LogP) is 3.10. The number of carbonyl (C=O) groups excluding carboxylic acids is 1. The van der Waals surface area contributed by atoms with Crippen LogP contribution in [0.1, 0.15) is 34.8 Å². The Morgan fingerprint density at radius 2 is 2.03 bits per heavy atom. The molecule has 0 spiro atoms. The number of anilines is 1. The van der Waals surface area contributed by atoms with Gasteiger partial charge >= 0.3 is 6.18 Å². The summed E-state index contributed by atoms with van der Waals surface area (Å²) in [6.45, 7) is 1.67. The van der Waals surface area contributed by atoms with Gasteiger partial charge in [0.15, 0.2) is 11.6 Å². The van der Waals surface area contributed by atoms with Gasteiger partial charge < -0.3 is 20.6 Å². The fraction of sp³-hybridized carbons (Fsp3) is 0.167. The van der Waals surface area contributed by atoms with Crippen molar-refractivity contribution in [3.8, 4) is 11.5 Å². The number of benzene rings is 1. The third kappa shape index (κ3) is 3.79. The first-order valence-corrected chi connectivity index (χ1v) is 8.63. The normalized spacial score (nSPS) is 12.8. The molecule has 0 aliphatic rings. The van der Waals surface area contributed by atoms with E-state index in [-0.39, 0.29) is 28.5 Å². The average Bonchev–Trinajstić information content (AvgIpc) is 3.33. The van der Waals surface area contributed by atoms with Crippen LogP contribution in [0, 0.1) is 0 Å². The molecule has 4 N–H and O–H groups in total. The predicted molar refractivity (Wildman–Crippen MR) is 98.9 cm³/mol. The van der Waals surface area contributed by atoms with E-state index in [1.165, 1.54) is 24.5 Å². The Bertz CT molecular complexity index is 1230. The van der Waals surface area contributed by atoms with Crippen LogP contribution in [-0.4, -0.2) is 31.0 Å². The molecule has 0 aliphatic carbocycles. The van der Waals surface area contributed by atoms with Gasteiger partial charge in [-0.05, 0) is 25.1 Å². The Balaban J connectivity index is 1.54. The summed E-state index contributed by atoms with van der Waals surface area (Å²) >= 11 is 0. The zero-order chi connectivity index (χ0) is 21.5. The van der Waals surface area contributed by atoms with E-state index in [4.69, 9.17) is 10.3 Å². The van der Waals surface area contributed by atoms with Crippen LogP contribution in [0.4, 0.5) is 19.0 Å². The van der Waals surface area contributed by atoms with Gasteiger partial charge in [-0.1, -0.05) is 5.16 Å². The Morgan fingerprint density at radius 3 is 2.77 bits per heavy atom. The van der Waals surface area contributed by atoms with E-state index in [1.54, 1.807) is 6.92 Å². The van der Waals surface area contributed by atoms with Crippen LogP contribution < -0.4 is 11.1 Å². The number of H-pyrrole nitrogens is 1. The molecular formula is C18H14F3N7O2. The molecule has 3 aromatic heterocycles. The van der Waals surface area contributed by atoms with Crippen LogP contribution >= 0.6 is 0 Å². The van der Waals surface area contributed by atoms with Crippen molar-refractivity contribution in [1.82, 2.24) is 30.4 Å². The van der Waals surface area contributed by atoms with Gasteiger partial charge in [0.1, 0.15) is 23.5 Å². The number of fused-ring (bicyclic) bond motifs is 1. The van der Waals surface area contributed by atoms with Crippen molar-refractivity contribution < 1.29 is 22.5 Å². The lowest BCUT2D eigenvalue weighted by Gasteiger charge is -2.09. The molecule has 0 fully saturated rings. The maximum atomic E-state index is 12.9. The number of rotatable bonds is 4. The van der Waals surface area contributed by atoms with Gasteiger partial charge in [0.05, 0.1) is 22.6 Å². The lowest BCUT2D eigenvalue weighted by molar-refractivity contribution is -0.137. The molecule has 9 nitrogen and oxygen atoms in total. The van der Waals surface area contributed by atoms with Crippen LogP contribution in [0.2, 0.25) is 0 Å². The molecule has 1 aromatic carbocycles. The lowest BCUT2D eigenvalue weighted by atomic mass is 10.2. The number of hydrogen-bond acceptors (Lipinski definition) is 7. The molecule has 30 heavy (non-hydrogen) atoms. The van der Waals surface area contributed by atoms with Gasteiger partial charge in [0.2, 0.25) is 0 Å². The van der Waals surface area contributed by atoms with Gasteiger partial charge in [-0.25, -0.2) is 15.0 Å². The highest BCUT2D eigenvalue weighted by Gasteiger charge is 2.31. The summed E-state index contributed by atoms with van der Waals surface area (Å²) in [5.41, 5.74) is 5.69. The minimum Gasteiger partial charge on any atom is -0.384 e. The number of carbonyl (C=O) groups is 1. The van der Waals surface area contributed by atoms with Crippen LogP contribution in [-0.2, 0) is 6.18 Å². The monoisotopic (exact) mass is 417 g/mol. The third-order valence-electron chi connectivity index (χ3n) is 4.28. The highest BCUT2D eigenvalue weighted by molar-refractivity contribution is 5.93. The largest absolute Gasteiger partial charge is 0.416 e. The molecule has 154 valence electrons. The number of aromatic amines is 1. The number of nitrogen functional groups attached to an aromatic ring is 1. The quantitative estimate of drug-likeness (QED) is 0.464. The Morgan fingerprint density at radius 1 is 1.23 bits per heavy atom. The summed E-state index contributed by atoms with van der Waals surface area (Å²) in [4.78, 5) is 26.9. The van der Waals surface area contributed by atoms with Crippen LogP contribution in [0.25, 0.3) is 22.6 Å². The van der Waals surface area contributed by atoms with E-state index < -0.39 is 23.7 Å². The Hall–Kier alpha value is -3.96. The second kappa shape index (κ2) is 7.13. The van der Waals surface area contributed by atoms with E-state index in [0.29, 0.717) is 11.3 Å². The van der Waals surface area contributed by atoms with E-state index in [9.17, 15) is 18.0 Å². The van der Waals surface area contributed by atoms with Gasteiger partial charge in [-0.15, -0.1) is 0 Å². The highest BCUT2D eigenvalue weighted by Crippen LogP contribution is 2.31. The minimum absolute atomic E-state index is 0.0897. The fourth-order valence-electron chi connectivity index (χ4n) is 2.75. The number of nitrogens with two attached hydrogens (primary N) is 1. The Kier molecular flexibility index (Phi) is 4.60. The summed E-state index contributed by atoms with van der Waals surface area (Å²) in [6.07, 6.45) is -3.28. The molecule has 12 heteroatoms. The lowest BCUT2D eigenvalue weighted by Crippen LogP contribution is -2.27. The van der Waals surface area contributed by atoms with Gasteiger partial charge in [0.25, 0.3) is 5.91 Å². The second-order valence-electron chi connectivity index (χ2n) is 6.45. The van der Waals surface area contributed by atoms with E-state index in [2.05, 4.69) is 30.4 Å². The molecule has 0 saturated heterocycles. The molecule has 0 saturated carbocycles. The maximum absolute atomic E-state index is 12.9. The summed E-state index contributed by atoms with van der Waals surface area (Å²) in [5, 5.41) is 6.56. The standard InChI is InChI=1S/C18H14F3N7O2/c1-8(25-17(29)13-6-15(22)24-7-23-13)14-5-12(28-30-14)16-26-10-3-2-9(18(19,20)21)4-11(10)27-16/h2-8H,1H3,(H,25,29)(H,26,27)(H2,22,23,24)/t8-/m0/s1. The molecule has 3 heterocycles. The van der Waals surface area contributed by atoms with Crippen molar-refractivity contribution in [2.75, 3.05) is 5.73 Å². The fourth-order valence-corrected chi connectivity index (χ4v) is 2.75. The number of imidazole rings is 1. The summed E-state index contributed by atoms with van der Waals surface area (Å²) in [6, 6.07) is 5.49. The summed E-state index contributed by atoms with van der Waals surface area (Å²) in [7, 11) is 0. The highest BCUT2D eigenvalue weighted by atomic mass is 19.4. The molecule has 0 aliphatic heterocycles. The van der Waals surface area contributed by atoms with Crippen molar-refractivity contribution in [2.24, 2.45) is 0 Å². The van der Waals surface area contributed by atoms with Gasteiger partial charge in [-0.2, -0.15) is 13.2 Å². The molecule has 0 radical (unpaired) electrons. The topological polar surface area (TPSA) is 136 Å². The number of alkyl halides is 3. The zero-order valence-electron chi connectivity index (χ0n) is 15.4. The number of nitrogens with one attached hydrogen (secondary N) is 2. The van der Waals surface area contributed by atoms with Crippen molar-refractivity contribution in [1.29, 1.82) is 0 Å². The molecule has 1 atom stereocenters. The number of nitrogens with zero attached hydrogens (tertiary/aromatic N) is 4. The molecular weight excluding hydrogens is 403 g/mol. The maximum Gasteiger partial charge on any atom is 0.416 e. The Labute approximate surface area is 166 Å². The summed E-state index contributed by atoms with van der Waals surface area (Å²) < 4.78 is 43.9. The first kappa shape index (κ1) is 19.4. The van der Waals surface area contributed by atoms with Crippen molar-refractivity contribution in [3.05, 3.63) is 53.7 Å². The van der Waals surface area contributed by atoms with Gasteiger partial charge in [0, 0.05) is 12.1 Å². The number of hydrogen-bond donors (Lipinski definition) is 3. The second-order valence-corrected chi connectivity index (χ2v) is 6.45. The minimum atomic E-state index is -4.46. The molecule has 0 bridgehead atoms. The number of amides is 1. The van der Waals surface area contributed by atoms with Crippen LogP contribution in [0.15, 0.2) is 41.2 Å². The number of aromatic nitrogens is 5. The van der Waals surface area contributed by atoms with Gasteiger partial charge in [-0.3, -0.25) is 4.79 Å². The third-order valence-corrected chi connectivity index (χ3v) is 4.28. The molecule has 1 amide bonds. The van der Waals surface area contributed by atoms with E-state index in [0.717, 1.165) is 12.1 Å². The van der Waals surface area contributed by atoms with Crippen LogP contribution in [0.3, 0.4) is 0 Å².